The fourth-order valence-electron chi connectivity index (χ4n) is 5.03. The molecule has 1 aliphatic heterocycles. The van der Waals surface area contributed by atoms with Crippen LogP contribution < -0.4 is 5.73 Å². The lowest BCUT2D eigenvalue weighted by Gasteiger charge is -2.26. The summed E-state index contributed by atoms with van der Waals surface area (Å²) in [5.41, 5.74) is 12.2. The molecule has 2 N–H and O–H groups in total. The topological polar surface area (TPSA) is 86.8 Å². The second-order valence-electron chi connectivity index (χ2n) is 9.13. The van der Waals surface area contributed by atoms with Crippen LogP contribution in [0.15, 0.2) is 54.6 Å². The molecule has 0 unspecified atom stereocenters. The molecule has 1 aliphatic rings. The quantitative estimate of drug-likeness (QED) is 0.434. The van der Waals surface area contributed by atoms with Gasteiger partial charge in [0, 0.05) is 43.1 Å². The van der Waals surface area contributed by atoms with E-state index in [1.165, 1.54) is 7.11 Å². The monoisotopic (exact) mass is 489 g/mol. The first kappa shape index (κ1) is 25.7. The van der Waals surface area contributed by atoms with E-state index in [0.29, 0.717) is 12.0 Å². The number of carbonyl (C=O) groups excluding carboxylic acids is 2. The van der Waals surface area contributed by atoms with Crippen LogP contribution in [0.5, 0.6) is 0 Å². The summed E-state index contributed by atoms with van der Waals surface area (Å²) < 4.78 is 12.5. The molecule has 1 aromatic heterocycles. The van der Waals surface area contributed by atoms with Gasteiger partial charge in [0.1, 0.15) is 0 Å². The minimum absolute atomic E-state index is 0.233. The minimum atomic E-state index is -0.458. The Kier molecular flexibility index (Phi) is 8.57. The summed E-state index contributed by atoms with van der Waals surface area (Å²) in [5, 5.41) is 0. The maximum absolute atomic E-state index is 12.7. The van der Waals surface area contributed by atoms with Crippen molar-refractivity contribution < 1.29 is 19.1 Å². The molecule has 36 heavy (non-hydrogen) atoms. The predicted octanol–water partition coefficient (Wildman–Crippen LogP) is 4.06. The fraction of sp³-hybridized carbons (Fsp3) is 0.379. The van der Waals surface area contributed by atoms with Crippen molar-refractivity contribution in [2.75, 3.05) is 40.0 Å². The smallest absolute Gasteiger partial charge is 0.305 e. The Hall–Kier alpha value is -3.42. The lowest BCUT2D eigenvalue weighted by Crippen LogP contribution is -2.37. The SMILES string of the molecule is COC(=O)CCc1c(-c2ccc(-c3ccccc3)cc2)c(C(N)=O)c(C)n1CCCN1CCOCC1. The first-order valence-electron chi connectivity index (χ1n) is 12.5. The minimum Gasteiger partial charge on any atom is -0.469 e. The molecule has 0 atom stereocenters. The van der Waals surface area contributed by atoms with Crippen LogP contribution in [-0.4, -0.2) is 61.3 Å². The largest absolute Gasteiger partial charge is 0.469 e. The molecule has 0 saturated carbocycles. The number of carbonyl (C=O) groups is 2. The molecule has 0 spiro atoms. The molecule has 3 aromatic rings. The summed E-state index contributed by atoms with van der Waals surface area (Å²) in [6.45, 7) is 7.03. The first-order chi connectivity index (χ1) is 17.5. The van der Waals surface area contributed by atoms with Crippen LogP contribution in [0.2, 0.25) is 0 Å². The van der Waals surface area contributed by atoms with Crippen LogP contribution in [0.3, 0.4) is 0 Å². The summed E-state index contributed by atoms with van der Waals surface area (Å²) in [6.07, 6.45) is 1.62. The van der Waals surface area contributed by atoms with E-state index in [4.69, 9.17) is 15.2 Å². The maximum Gasteiger partial charge on any atom is 0.305 e. The predicted molar refractivity (Wildman–Crippen MR) is 141 cm³/mol. The zero-order chi connectivity index (χ0) is 25.5. The molecule has 2 heterocycles. The van der Waals surface area contributed by atoms with Crippen molar-refractivity contribution in [3.05, 3.63) is 71.5 Å². The van der Waals surface area contributed by atoms with Gasteiger partial charge < -0.3 is 19.8 Å². The third-order valence-corrected chi connectivity index (χ3v) is 6.91. The van der Waals surface area contributed by atoms with Crippen molar-refractivity contribution in [1.29, 1.82) is 0 Å². The number of nitrogens with zero attached hydrogens (tertiary/aromatic N) is 2. The number of hydrogen-bond donors (Lipinski definition) is 1. The highest BCUT2D eigenvalue weighted by molar-refractivity contribution is 6.02. The maximum atomic E-state index is 12.7. The number of morpholine rings is 1. The molecule has 1 fully saturated rings. The zero-order valence-electron chi connectivity index (χ0n) is 21.2. The summed E-state index contributed by atoms with van der Waals surface area (Å²) in [4.78, 5) is 27.1. The normalized spacial score (nSPS) is 14.1. The highest BCUT2D eigenvalue weighted by Gasteiger charge is 2.25. The van der Waals surface area contributed by atoms with Gasteiger partial charge in [0.05, 0.1) is 32.3 Å². The van der Waals surface area contributed by atoms with Crippen LogP contribution in [0.1, 0.15) is 34.6 Å². The summed E-state index contributed by atoms with van der Waals surface area (Å²) in [5.74, 6) is -0.736. The van der Waals surface area contributed by atoms with Crippen molar-refractivity contribution >= 4 is 11.9 Å². The molecule has 1 amide bonds. The first-order valence-corrected chi connectivity index (χ1v) is 12.5. The molecule has 1 saturated heterocycles. The number of esters is 1. The third-order valence-electron chi connectivity index (χ3n) is 6.91. The summed E-state index contributed by atoms with van der Waals surface area (Å²) in [7, 11) is 1.40. The molecule has 0 aliphatic carbocycles. The molecular weight excluding hydrogens is 454 g/mol. The summed E-state index contributed by atoms with van der Waals surface area (Å²) >= 11 is 0. The van der Waals surface area contributed by atoms with Crippen LogP contribution in [0.25, 0.3) is 22.3 Å². The fourth-order valence-corrected chi connectivity index (χ4v) is 5.03. The number of amides is 1. The highest BCUT2D eigenvalue weighted by atomic mass is 16.5. The second kappa shape index (κ2) is 12.0. The van der Waals surface area contributed by atoms with Gasteiger partial charge in [0.25, 0.3) is 5.91 Å². The van der Waals surface area contributed by atoms with Gasteiger partial charge in [0.2, 0.25) is 0 Å². The van der Waals surface area contributed by atoms with Gasteiger partial charge in [-0.15, -0.1) is 0 Å². The Bertz CT molecular complexity index is 1180. The molecular formula is C29H35N3O4. The molecule has 0 bridgehead atoms. The van der Waals surface area contributed by atoms with E-state index >= 15 is 0 Å². The molecule has 0 radical (unpaired) electrons. The molecule has 190 valence electrons. The van der Waals surface area contributed by atoms with E-state index in [2.05, 4.69) is 33.7 Å². The number of rotatable bonds is 10. The van der Waals surface area contributed by atoms with Crippen molar-refractivity contribution in [3.8, 4) is 22.3 Å². The van der Waals surface area contributed by atoms with E-state index < -0.39 is 5.91 Å². The van der Waals surface area contributed by atoms with E-state index in [9.17, 15) is 9.59 Å². The van der Waals surface area contributed by atoms with Crippen LogP contribution >= 0.6 is 0 Å². The number of ether oxygens (including phenoxy) is 2. The number of methoxy groups -OCH3 is 1. The molecule has 2 aromatic carbocycles. The van der Waals surface area contributed by atoms with E-state index in [1.54, 1.807) is 0 Å². The number of primary amides is 1. The average molecular weight is 490 g/mol. The Morgan fingerprint density at radius 3 is 2.22 bits per heavy atom. The highest BCUT2D eigenvalue weighted by Crippen LogP contribution is 2.35. The van der Waals surface area contributed by atoms with Gasteiger partial charge in [-0.2, -0.15) is 0 Å². The number of aromatic nitrogens is 1. The number of nitrogens with two attached hydrogens (primary N) is 1. The van der Waals surface area contributed by atoms with Crippen LogP contribution in [0, 0.1) is 6.92 Å². The van der Waals surface area contributed by atoms with Gasteiger partial charge in [-0.1, -0.05) is 54.6 Å². The lowest BCUT2D eigenvalue weighted by molar-refractivity contribution is -0.140. The van der Waals surface area contributed by atoms with Crippen molar-refractivity contribution in [1.82, 2.24) is 9.47 Å². The zero-order valence-corrected chi connectivity index (χ0v) is 21.2. The standard InChI is InChI=1S/C29H35N3O4/c1-21-27(29(30)34)28(24-11-9-23(10-12-24)22-7-4-3-5-8-22)25(13-14-26(33)35-2)32(21)16-6-15-31-17-19-36-20-18-31/h3-5,7-12H,6,13-20H2,1-2H3,(H2,30,34). The molecule has 4 rings (SSSR count). The van der Waals surface area contributed by atoms with Gasteiger partial charge in [-0.05, 0) is 36.5 Å². The van der Waals surface area contributed by atoms with Gasteiger partial charge >= 0.3 is 5.97 Å². The Morgan fingerprint density at radius 1 is 0.944 bits per heavy atom. The van der Waals surface area contributed by atoms with Crippen molar-refractivity contribution in [3.63, 3.8) is 0 Å². The van der Waals surface area contributed by atoms with Gasteiger partial charge in [0.15, 0.2) is 0 Å². The summed E-state index contributed by atoms with van der Waals surface area (Å²) in [6, 6.07) is 18.3. The number of hydrogen-bond acceptors (Lipinski definition) is 5. The van der Waals surface area contributed by atoms with E-state index in [0.717, 1.165) is 79.5 Å². The lowest BCUT2D eigenvalue weighted by atomic mass is 9.95. The van der Waals surface area contributed by atoms with Gasteiger partial charge in [-0.3, -0.25) is 14.5 Å². The Labute approximate surface area is 212 Å². The van der Waals surface area contributed by atoms with Gasteiger partial charge in [-0.25, -0.2) is 0 Å². The van der Waals surface area contributed by atoms with E-state index in [-0.39, 0.29) is 12.4 Å². The Balaban J connectivity index is 1.69. The van der Waals surface area contributed by atoms with E-state index in [1.807, 2.05) is 37.3 Å². The molecule has 7 nitrogen and oxygen atoms in total. The Morgan fingerprint density at radius 2 is 1.58 bits per heavy atom. The van der Waals surface area contributed by atoms with Crippen molar-refractivity contribution in [2.45, 2.75) is 32.7 Å². The third kappa shape index (κ3) is 5.86. The second-order valence-corrected chi connectivity index (χ2v) is 9.13. The van der Waals surface area contributed by atoms with Crippen LogP contribution in [-0.2, 0) is 27.2 Å². The molecule has 7 heteroatoms. The average Bonchev–Trinajstić information content (AvgIpc) is 3.19. The van der Waals surface area contributed by atoms with Crippen molar-refractivity contribution in [2.24, 2.45) is 5.73 Å². The number of benzene rings is 2. The van der Waals surface area contributed by atoms with Crippen LogP contribution in [0.4, 0.5) is 0 Å².